The van der Waals surface area contributed by atoms with Gasteiger partial charge in [-0.25, -0.2) is 5.06 Å². The van der Waals surface area contributed by atoms with Crippen LogP contribution >= 0.6 is 0 Å². The predicted molar refractivity (Wildman–Crippen MR) is 157 cm³/mol. The maximum atomic E-state index is 13.2. The predicted octanol–water partition coefficient (Wildman–Crippen LogP) is 4.89. The van der Waals surface area contributed by atoms with Gasteiger partial charge in [0.25, 0.3) is 10.1 Å². The normalized spacial score (nSPS) is 13.0. The summed E-state index contributed by atoms with van der Waals surface area (Å²) in [6, 6.07) is 19.7. The number of benzene rings is 3. The van der Waals surface area contributed by atoms with Crippen LogP contribution in [0.4, 0.5) is 5.69 Å². The zero-order valence-electron chi connectivity index (χ0n) is 23.4. The maximum Gasteiger partial charge on any atom is 0.266 e. The van der Waals surface area contributed by atoms with Crippen molar-refractivity contribution >= 4 is 28.1 Å². The van der Waals surface area contributed by atoms with Crippen LogP contribution in [0.2, 0.25) is 0 Å². The highest BCUT2D eigenvalue weighted by molar-refractivity contribution is 7.85. The SMILES string of the molecule is Cc1cccc(OCCCC(=O)N2CCCc3c(-c4ccc(CON(C=O)CCS(=O)(=O)O)cc4)cccc32)c1C. The first-order chi connectivity index (χ1) is 19.7. The number of aryl methyl sites for hydroxylation is 1. The number of ether oxygens (including phenoxy) is 1. The Morgan fingerprint density at radius 2 is 1.83 bits per heavy atom. The van der Waals surface area contributed by atoms with Gasteiger partial charge in [0, 0.05) is 18.7 Å². The number of carbonyl (C=O) groups excluding carboxylic acids is 2. The third-order valence-electron chi connectivity index (χ3n) is 7.25. The van der Waals surface area contributed by atoms with Crippen molar-refractivity contribution in [3.05, 3.63) is 82.9 Å². The number of hydroxylamine groups is 2. The summed E-state index contributed by atoms with van der Waals surface area (Å²) in [5.74, 6) is 0.347. The van der Waals surface area contributed by atoms with E-state index in [2.05, 4.69) is 19.1 Å². The summed E-state index contributed by atoms with van der Waals surface area (Å²) >= 11 is 0. The third kappa shape index (κ3) is 8.16. The molecule has 0 bridgehead atoms. The first-order valence-electron chi connectivity index (χ1n) is 13.7. The largest absolute Gasteiger partial charge is 0.493 e. The summed E-state index contributed by atoms with van der Waals surface area (Å²) in [6.07, 6.45) is 3.18. The second kappa shape index (κ2) is 13.8. The van der Waals surface area contributed by atoms with Gasteiger partial charge in [-0.05, 0) is 78.6 Å². The van der Waals surface area contributed by atoms with Crippen LogP contribution in [0.3, 0.4) is 0 Å². The lowest BCUT2D eigenvalue weighted by Crippen LogP contribution is -2.35. The van der Waals surface area contributed by atoms with Crippen molar-refractivity contribution in [2.45, 2.75) is 46.1 Å². The van der Waals surface area contributed by atoms with E-state index in [-0.39, 0.29) is 19.1 Å². The van der Waals surface area contributed by atoms with E-state index >= 15 is 0 Å². The van der Waals surface area contributed by atoms with E-state index in [1.807, 2.05) is 60.4 Å². The highest BCUT2D eigenvalue weighted by Crippen LogP contribution is 2.36. The Morgan fingerprint density at radius 1 is 1.07 bits per heavy atom. The third-order valence-corrected chi connectivity index (χ3v) is 7.95. The number of carbonyl (C=O) groups is 2. The van der Waals surface area contributed by atoms with Crippen molar-refractivity contribution in [3.63, 3.8) is 0 Å². The van der Waals surface area contributed by atoms with Crippen molar-refractivity contribution in [2.75, 3.05) is 30.3 Å². The molecule has 0 saturated carbocycles. The van der Waals surface area contributed by atoms with Crippen LogP contribution < -0.4 is 9.64 Å². The van der Waals surface area contributed by atoms with E-state index in [1.165, 1.54) is 5.56 Å². The Bertz CT molecular complexity index is 1470. The molecule has 0 aliphatic carbocycles. The molecular weight excluding hydrogens is 544 g/mol. The van der Waals surface area contributed by atoms with Gasteiger partial charge in [-0.3, -0.25) is 19.0 Å². The summed E-state index contributed by atoms with van der Waals surface area (Å²) in [7, 11) is -4.20. The van der Waals surface area contributed by atoms with E-state index < -0.39 is 15.9 Å². The summed E-state index contributed by atoms with van der Waals surface area (Å²) in [5, 5.41) is 0.844. The van der Waals surface area contributed by atoms with Gasteiger partial charge >= 0.3 is 0 Å². The Hall–Kier alpha value is -3.73. The molecule has 1 aliphatic rings. The fraction of sp³-hybridized carbons (Fsp3) is 0.355. The molecule has 0 atom stereocenters. The highest BCUT2D eigenvalue weighted by atomic mass is 32.2. The minimum Gasteiger partial charge on any atom is -0.493 e. The lowest BCUT2D eigenvalue weighted by Gasteiger charge is -2.31. The topological polar surface area (TPSA) is 113 Å². The first kappa shape index (κ1) is 30.2. The number of fused-ring (bicyclic) bond motifs is 1. The molecule has 2 amide bonds. The Morgan fingerprint density at radius 3 is 2.56 bits per heavy atom. The molecule has 0 aromatic heterocycles. The Labute approximate surface area is 241 Å². The first-order valence-corrected chi connectivity index (χ1v) is 15.3. The minimum absolute atomic E-state index is 0.0623. The number of amides is 2. The van der Waals surface area contributed by atoms with Crippen LogP contribution in [0.1, 0.15) is 41.5 Å². The quantitative estimate of drug-likeness (QED) is 0.133. The van der Waals surface area contributed by atoms with Crippen LogP contribution in [-0.4, -0.2) is 55.8 Å². The van der Waals surface area contributed by atoms with E-state index in [0.717, 1.165) is 57.2 Å². The van der Waals surface area contributed by atoms with E-state index in [1.54, 1.807) is 0 Å². The van der Waals surface area contributed by atoms with Crippen LogP contribution in [0.5, 0.6) is 5.75 Å². The number of hydrogen-bond acceptors (Lipinski definition) is 6. The molecule has 0 unspecified atom stereocenters. The van der Waals surface area contributed by atoms with Crippen molar-refractivity contribution in [1.82, 2.24) is 5.06 Å². The molecule has 1 heterocycles. The van der Waals surface area contributed by atoms with Crippen molar-refractivity contribution in [2.24, 2.45) is 0 Å². The molecule has 0 spiro atoms. The number of anilines is 1. The van der Waals surface area contributed by atoms with Gasteiger partial charge < -0.3 is 9.64 Å². The second-order valence-electron chi connectivity index (χ2n) is 10.1. The van der Waals surface area contributed by atoms with Crippen LogP contribution in [0, 0.1) is 13.8 Å². The highest BCUT2D eigenvalue weighted by Gasteiger charge is 2.24. The van der Waals surface area contributed by atoms with Gasteiger partial charge in [-0.15, -0.1) is 0 Å². The van der Waals surface area contributed by atoms with Gasteiger partial charge in [0.2, 0.25) is 12.3 Å². The molecule has 1 aliphatic heterocycles. The Balaban J connectivity index is 1.37. The standard InChI is InChI=1S/C31H36N2O7S/c1-23-7-3-11-30(24(23)2)39-19-6-12-31(35)33-17-5-9-28-27(8-4-10-29(28)33)26-15-13-25(14-16-26)21-40-32(22-34)18-20-41(36,37)38/h3-4,7-8,10-11,13-16,22H,5-6,9,12,17-21H2,1-2H3,(H,36,37,38). The second-order valence-corrected chi connectivity index (χ2v) is 11.7. The molecule has 0 fully saturated rings. The van der Waals surface area contributed by atoms with Crippen molar-refractivity contribution in [1.29, 1.82) is 0 Å². The minimum atomic E-state index is -4.20. The number of nitrogens with zero attached hydrogens (tertiary/aromatic N) is 2. The monoisotopic (exact) mass is 580 g/mol. The number of hydrogen-bond donors (Lipinski definition) is 1. The lowest BCUT2D eigenvalue weighted by atomic mass is 9.91. The molecule has 0 radical (unpaired) electrons. The summed E-state index contributed by atoms with van der Waals surface area (Å²) in [6.45, 7) is 5.06. The molecule has 10 heteroatoms. The van der Waals surface area contributed by atoms with Crippen molar-refractivity contribution < 1.29 is 32.1 Å². The average molecular weight is 581 g/mol. The zero-order chi connectivity index (χ0) is 29.4. The van der Waals surface area contributed by atoms with E-state index in [4.69, 9.17) is 14.1 Å². The Kier molecular flexibility index (Phi) is 10.1. The molecular formula is C31H36N2O7S. The lowest BCUT2D eigenvalue weighted by molar-refractivity contribution is -0.175. The van der Waals surface area contributed by atoms with Gasteiger partial charge in [0.1, 0.15) is 12.4 Å². The fourth-order valence-electron chi connectivity index (χ4n) is 4.87. The van der Waals surface area contributed by atoms with Crippen LogP contribution in [-0.2, 0) is 37.6 Å². The molecule has 41 heavy (non-hydrogen) atoms. The molecule has 1 N–H and O–H groups in total. The summed E-state index contributed by atoms with van der Waals surface area (Å²) < 4.78 is 36.6. The molecule has 218 valence electrons. The van der Waals surface area contributed by atoms with E-state index in [9.17, 15) is 18.0 Å². The molecule has 9 nitrogen and oxygen atoms in total. The smallest absolute Gasteiger partial charge is 0.266 e. The van der Waals surface area contributed by atoms with Gasteiger partial charge in [-0.1, -0.05) is 48.5 Å². The molecule has 4 rings (SSSR count). The van der Waals surface area contributed by atoms with Gasteiger partial charge in [-0.2, -0.15) is 8.42 Å². The molecule has 3 aromatic rings. The molecule has 3 aromatic carbocycles. The zero-order valence-corrected chi connectivity index (χ0v) is 24.2. The van der Waals surface area contributed by atoms with Crippen LogP contribution in [0.15, 0.2) is 60.7 Å². The average Bonchev–Trinajstić information content (AvgIpc) is 2.96. The summed E-state index contributed by atoms with van der Waals surface area (Å²) in [5.41, 5.74) is 7.24. The van der Waals surface area contributed by atoms with Crippen molar-refractivity contribution in [3.8, 4) is 16.9 Å². The van der Waals surface area contributed by atoms with Gasteiger partial charge in [0.05, 0.1) is 18.9 Å². The van der Waals surface area contributed by atoms with Gasteiger partial charge in [0.15, 0.2) is 0 Å². The van der Waals surface area contributed by atoms with E-state index in [0.29, 0.717) is 32.4 Å². The maximum absolute atomic E-state index is 13.2. The fourth-order valence-corrected chi connectivity index (χ4v) is 5.28. The molecule has 0 saturated heterocycles. The summed E-state index contributed by atoms with van der Waals surface area (Å²) in [4.78, 5) is 31.6. The van der Waals surface area contributed by atoms with Crippen LogP contribution in [0.25, 0.3) is 11.1 Å². The number of rotatable bonds is 13.